The molecule has 0 aliphatic carbocycles. The molecule has 2 amide bonds. The largest absolute Gasteiger partial charge is 0.369 e. The zero-order valence-corrected chi connectivity index (χ0v) is 10.3. The average Bonchev–Trinajstić information content (AvgIpc) is 2.65. The van der Waals surface area contributed by atoms with Crippen LogP contribution in [0.4, 0.5) is 5.69 Å². The Morgan fingerprint density at radius 2 is 2.12 bits per heavy atom. The van der Waals surface area contributed by atoms with Crippen molar-refractivity contribution >= 4 is 40.7 Å². The molecule has 0 aromatic heterocycles. The summed E-state index contributed by atoms with van der Waals surface area (Å²) in [5, 5.41) is 0.687. The van der Waals surface area contributed by atoms with Crippen molar-refractivity contribution in [3.63, 3.8) is 0 Å². The minimum Gasteiger partial charge on any atom is -0.369 e. The van der Waals surface area contributed by atoms with Crippen LogP contribution in [0.15, 0.2) is 18.2 Å². The Hall–Kier alpha value is -1.26. The second-order valence-corrected chi connectivity index (χ2v) is 4.67. The average molecular weight is 273 g/mol. The smallest absolute Gasteiger partial charge is 0.227 e. The topological polar surface area (TPSA) is 63.4 Å². The number of anilines is 1. The standard InChI is InChI=1S/C11H10Cl2N2O2/c12-7-2-1-3-8(10(7)13)15-5-6(11(14)17)4-9(15)16/h1-3,6H,4-5H2,(H2,14,17)/t6-/m1/s1. The van der Waals surface area contributed by atoms with Gasteiger partial charge in [-0.2, -0.15) is 0 Å². The number of amides is 2. The van der Waals surface area contributed by atoms with Crippen molar-refractivity contribution in [2.24, 2.45) is 11.7 Å². The van der Waals surface area contributed by atoms with Crippen molar-refractivity contribution in [3.8, 4) is 0 Å². The molecule has 1 saturated heterocycles. The summed E-state index contributed by atoms with van der Waals surface area (Å²) in [7, 11) is 0. The van der Waals surface area contributed by atoms with Gasteiger partial charge in [-0.05, 0) is 12.1 Å². The highest BCUT2D eigenvalue weighted by Crippen LogP contribution is 2.35. The Labute approximate surface area is 108 Å². The number of primary amides is 1. The van der Waals surface area contributed by atoms with Gasteiger partial charge >= 0.3 is 0 Å². The SMILES string of the molecule is NC(=O)[C@@H]1CC(=O)N(c2cccc(Cl)c2Cl)C1. The molecule has 1 atom stereocenters. The van der Waals surface area contributed by atoms with E-state index >= 15 is 0 Å². The third-order valence-electron chi connectivity index (χ3n) is 2.75. The Morgan fingerprint density at radius 3 is 2.71 bits per heavy atom. The van der Waals surface area contributed by atoms with Gasteiger partial charge in [0.1, 0.15) is 0 Å². The van der Waals surface area contributed by atoms with Crippen LogP contribution in [0.2, 0.25) is 10.0 Å². The molecule has 1 heterocycles. The predicted molar refractivity (Wildman–Crippen MR) is 66.1 cm³/mol. The number of halogens is 2. The summed E-state index contributed by atoms with van der Waals surface area (Å²) in [6, 6.07) is 5.03. The minimum atomic E-state index is -0.473. The Balaban J connectivity index is 2.32. The van der Waals surface area contributed by atoms with Gasteiger partial charge in [0.25, 0.3) is 0 Å². The van der Waals surface area contributed by atoms with Gasteiger partial charge in [0.05, 0.1) is 21.7 Å². The van der Waals surface area contributed by atoms with Gasteiger partial charge in [0, 0.05) is 13.0 Å². The molecule has 4 nitrogen and oxygen atoms in total. The first-order chi connectivity index (χ1) is 8.00. The van der Waals surface area contributed by atoms with Gasteiger partial charge in [-0.3, -0.25) is 9.59 Å². The van der Waals surface area contributed by atoms with Crippen LogP contribution in [0.1, 0.15) is 6.42 Å². The van der Waals surface area contributed by atoms with Crippen LogP contribution in [0.5, 0.6) is 0 Å². The van der Waals surface area contributed by atoms with Crippen LogP contribution < -0.4 is 10.6 Å². The summed E-state index contributed by atoms with van der Waals surface area (Å²) in [5.74, 6) is -1.10. The lowest BCUT2D eigenvalue weighted by Gasteiger charge is -2.18. The Bertz CT molecular complexity index is 490. The highest BCUT2D eigenvalue weighted by molar-refractivity contribution is 6.44. The van der Waals surface area contributed by atoms with Gasteiger partial charge in [0.2, 0.25) is 11.8 Å². The van der Waals surface area contributed by atoms with E-state index in [4.69, 9.17) is 28.9 Å². The third-order valence-corrected chi connectivity index (χ3v) is 3.56. The maximum absolute atomic E-state index is 11.8. The molecular weight excluding hydrogens is 263 g/mol. The second-order valence-electron chi connectivity index (χ2n) is 3.88. The zero-order chi connectivity index (χ0) is 12.6. The van der Waals surface area contributed by atoms with Gasteiger partial charge in [-0.25, -0.2) is 0 Å². The van der Waals surface area contributed by atoms with Crippen molar-refractivity contribution < 1.29 is 9.59 Å². The number of nitrogens with two attached hydrogens (primary N) is 1. The van der Waals surface area contributed by atoms with Crippen molar-refractivity contribution in [3.05, 3.63) is 28.2 Å². The molecule has 1 aromatic carbocycles. The van der Waals surface area contributed by atoms with E-state index in [1.807, 2.05) is 0 Å². The van der Waals surface area contributed by atoms with Crippen molar-refractivity contribution in [2.45, 2.75) is 6.42 Å². The van der Waals surface area contributed by atoms with Gasteiger partial charge in [-0.15, -0.1) is 0 Å². The highest BCUT2D eigenvalue weighted by atomic mass is 35.5. The molecule has 1 fully saturated rings. The van der Waals surface area contributed by atoms with E-state index in [0.29, 0.717) is 15.7 Å². The predicted octanol–water partition coefficient (Wildman–Crippen LogP) is 1.83. The third kappa shape index (κ3) is 2.23. The fourth-order valence-corrected chi connectivity index (χ4v) is 2.23. The molecular formula is C11H10Cl2N2O2. The lowest BCUT2D eigenvalue weighted by molar-refractivity contribution is -0.123. The zero-order valence-electron chi connectivity index (χ0n) is 8.82. The number of hydrogen-bond donors (Lipinski definition) is 1. The fourth-order valence-electron chi connectivity index (χ4n) is 1.83. The molecule has 0 saturated carbocycles. The minimum absolute atomic E-state index is 0.123. The Kier molecular flexibility index (Phi) is 3.26. The molecule has 0 unspecified atom stereocenters. The van der Waals surface area contributed by atoms with E-state index in [2.05, 4.69) is 0 Å². The summed E-state index contributed by atoms with van der Waals surface area (Å²) in [4.78, 5) is 24.3. The van der Waals surface area contributed by atoms with Crippen LogP contribution in [0, 0.1) is 5.92 Å². The van der Waals surface area contributed by atoms with Crippen LogP contribution in [-0.2, 0) is 9.59 Å². The van der Waals surface area contributed by atoms with E-state index in [0.717, 1.165) is 0 Å². The molecule has 0 spiro atoms. The molecule has 90 valence electrons. The number of nitrogens with zero attached hydrogens (tertiary/aromatic N) is 1. The highest BCUT2D eigenvalue weighted by Gasteiger charge is 2.34. The first-order valence-corrected chi connectivity index (χ1v) is 5.80. The first-order valence-electron chi connectivity index (χ1n) is 5.04. The molecule has 17 heavy (non-hydrogen) atoms. The van der Waals surface area contributed by atoms with Gasteiger partial charge in [-0.1, -0.05) is 29.3 Å². The van der Waals surface area contributed by atoms with E-state index in [1.54, 1.807) is 18.2 Å². The van der Waals surface area contributed by atoms with Crippen molar-refractivity contribution in [1.82, 2.24) is 0 Å². The second kappa shape index (κ2) is 4.55. The number of benzene rings is 1. The van der Waals surface area contributed by atoms with E-state index < -0.39 is 11.8 Å². The lowest BCUT2D eigenvalue weighted by Crippen LogP contribution is -2.28. The first kappa shape index (κ1) is 12.2. The molecule has 0 bridgehead atoms. The van der Waals surface area contributed by atoms with Gasteiger partial charge in [0.15, 0.2) is 0 Å². The van der Waals surface area contributed by atoms with Crippen LogP contribution in [0.3, 0.4) is 0 Å². The maximum Gasteiger partial charge on any atom is 0.227 e. The summed E-state index contributed by atoms with van der Waals surface area (Å²) >= 11 is 11.9. The number of carbonyl (C=O) groups excluding carboxylic acids is 2. The maximum atomic E-state index is 11.8. The molecule has 0 radical (unpaired) electrons. The van der Waals surface area contributed by atoms with E-state index in [1.165, 1.54) is 4.90 Å². The summed E-state index contributed by atoms with van der Waals surface area (Å²) in [5.41, 5.74) is 5.71. The summed E-state index contributed by atoms with van der Waals surface area (Å²) < 4.78 is 0. The summed E-state index contributed by atoms with van der Waals surface area (Å²) in [6.07, 6.45) is 0.123. The van der Waals surface area contributed by atoms with E-state index in [-0.39, 0.29) is 18.9 Å². The fraction of sp³-hybridized carbons (Fsp3) is 0.273. The monoisotopic (exact) mass is 272 g/mol. The molecule has 1 aromatic rings. The molecule has 6 heteroatoms. The number of carbonyl (C=O) groups is 2. The quantitative estimate of drug-likeness (QED) is 0.893. The normalized spacial score (nSPS) is 19.8. The molecule has 1 aliphatic rings. The summed E-state index contributed by atoms with van der Waals surface area (Å²) in [6.45, 7) is 0.258. The van der Waals surface area contributed by atoms with Gasteiger partial charge < -0.3 is 10.6 Å². The molecule has 1 aliphatic heterocycles. The van der Waals surface area contributed by atoms with Crippen molar-refractivity contribution in [2.75, 3.05) is 11.4 Å². The van der Waals surface area contributed by atoms with Crippen LogP contribution in [-0.4, -0.2) is 18.4 Å². The van der Waals surface area contributed by atoms with Crippen molar-refractivity contribution in [1.29, 1.82) is 0 Å². The molecule has 2 N–H and O–H groups in total. The number of hydrogen-bond acceptors (Lipinski definition) is 2. The van der Waals surface area contributed by atoms with Crippen LogP contribution in [0.25, 0.3) is 0 Å². The lowest BCUT2D eigenvalue weighted by atomic mass is 10.1. The van der Waals surface area contributed by atoms with E-state index in [9.17, 15) is 9.59 Å². The van der Waals surface area contributed by atoms with Crippen LogP contribution >= 0.6 is 23.2 Å². The Morgan fingerprint density at radius 1 is 1.41 bits per heavy atom. The number of rotatable bonds is 2. The molecule has 2 rings (SSSR count).